The number of pyridine rings is 1. The van der Waals surface area contributed by atoms with Crippen LogP contribution in [0.15, 0.2) is 66.7 Å². The van der Waals surface area contributed by atoms with Gasteiger partial charge < -0.3 is 14.4 Å². The van der Waals surface area contributed by atoms with Gasteiger partial charge >= 0.3 is 5.97 Å². The van der Waals surface area contributed by atoms with Crippen LogP contribution >= 0.6 is 0 Å². The maximum absolute atomic E-state index is 13.4. The van der Waals surface area contributed by atoms with Gasteiger partial charge in [-0.15, -0.1) is 0 Å². The average Bonchev–Trinajstić information content (AvgIpc) is 2.78. The van der Waals surface area contributed by atoms with Crippen LogP contribution in [0.1, 0.15) is 39.0 Å². The van der Waals surface area contributed by atoms with E-state index in [9.17, 15) is 9.59 Å². The van der Waals surface area contributed by atoms with Gasteiger partial charge in [0, 0.05) is 5.69 Å². The van der Waals surface area contributed by atoms with E-state index in [0.717, 1.165) is 11.3 Å². The molecular formula is C24H24N2O4. The third-order valence-corrected chi connectivity index (χ3v) is 4.61. The lowest BCUT2D eigenvalue weighted by Crippen LogP contribution is -2.31. The van der Waals surface area contributed by atoms with E-state index in [4.69, 9.17) is 9.47 Å². The summed E-state index contributed by atoms with van der Waals surface area (Å²) in [6.07, 6.45) is 0. The fourth-order valence-corrected chi connectivity index (χ4v) is 3.05. The minimum Gasteiger partial charge on any atom is -0.497 e. The van der Waals surface area contributed by atoms with E-state index in [-0.39, 0.29) is 18.2 Å². The maximum Gasteiger partial charge on any atom is 0.339 e. The van der Waals surface area contributed by atoms with Crippen LogP contribution in [-0.2, 0) is 11.3 Å². The first-order chi connectivity index (χ1) is 14.5. The monoisotopic (exact) mass is 404 g/mol. The molecule has 3 aromatic rings. The fourth-order valence-electron chi connectivity index (χ4n) is 3.05. The number of nitrogens with zero attached hydrogens (tertiary/aromatic N) is 2. The van der Waals surface area contributed by atoms with Gasteiger partial charge in [0.25, 0.3) is 5.91 Å². The first kappa shape index (κ1) is 21.0. The smallest absolute Gasteiger partial charge is 0.339 e. The summed E-state index contributed by atoms with van der Waals surface area (Å²) in [6.45, 7) is 4.10. The molecule has 1 amide bonds. The molecule has 6 nitrogen and oxygen atoms in total. The highest BCUT2D eigenvalue weighted by molar-refractivity contribution is 6.05. The highest BCUT2D eigenvalue weighted by Crippen LogP contribution is 2.23. The first-order valence-electron chi connectivity index (χ1n) is 9.68. The molecule has 0 bridgehead atoms. The Balaban J connectivity index is 1.94. The Kier molecular flexibility index (Phi) is 6.80. The van der Waals surface area contributed by atoms with Crippen molar-refractivity contribution < 1.29 is 19.1 Å². The molecule has 0 saturated heterocycles. The SMILES string of the molecule is CCOC(=O)c1ccc(C(=O)N(Cc2ccccc2)c2ccc(OC)cc2)nc1C. The Morgan fingerprint density at radius 1 is 0.967 bits per heavy atom. The van der Waals surface area contributed by atoms with Gasteiger partial charge in [-0.3, -0.25) is 4.79 Å². The molecule has 0 spiro atoms. The number of hydrogen-bond donors (Lipinski definition) is 0. The molecule has 6 heteroatoms. The average molecular weight is 404 g/mol. The van der Waals surface area contributed by atoms with Crippen molar-refractivity contribution in [2.45, 2.75) is 20.4 Å². The Hall–Kier alpha value is -3.67. The van der Waals surface area contributed by atoms with Crippen LogP contribution < -0.4 is 9.64 Å². The van der Waals surface area contributed by atoms with Crippen molar-refractivity contribution in [3.63, 3.8) is 0 Å². The van der Waals surface area contributed by atoms with Gasteiger partial charge in [-0.2, -0.15) is 0 Å². The lowest BCUT2D eigenvalue weighted by Gasteiger charge is -2.23. The van der Waals surface area contributed by atoms with Crippen LogP contribution in [0.25, 0.3) is 0 Å². The van der Waals surface area contributed by atoms with Crippen molar-refractivity contribution in [2.75, 3.05) is 18.6 Å². The number of methoxy groups -OCH3 is 1. The predicted molar refractivity (Wildman–Crippen MR) is 115 cm³/mol. The fraction of sp³-hybridized carbons (Fsp3) is 0.208. The van der Waals surface area contributed by atoms with Gasteiger partial charge in [0.1, 0.15) is 11.4 Å². The van der Waals surface area contributed by atoms with Gasteiger partial charge in [0.2, 0.25) is 0 Å². The third kappa shape index (κ3) is 4.84. The first-order valence-corrected chi connectivity index (χ1v) is 9.68. The molecule has 0 radical (unpaired) electrons. The quantitative estimate of drug-likeness (QED) is 0.545. The molecule has 0 saturated carbocycles. The van der Waals surface area contributed by atoms with E-state index in [2.05, 4.69) is 4.98 Å². The van der Waals surface area contributed by atoms with Crippen molar-refractivity contribution in [1.82, 2.24) is 4.98 Å². The molecule has 0 aliphatic rings. The molecule has 0 N–H and O–H groups in total. The summed E-state index contributed by atoms with van der Waals surface area (Å²) in [5.74, 6) is -0.000979. The summed E-state index contributed by atoms with van der Waals surface area (Å²) in [4.78, 5) is 31.4. The molecule has 1 aromatic heterocycles. The highest BCUT2D eigenvalue weighted by atomic mass is 16.5. The molecule has 0 fully saturated rings. The minimum absolute atomic E-state index is 0.257. The Morgan fingerprint density at radius 3 is 2.27 bits per heavy atom. The number of ether oxygens (including phenoxy) is 2. The summed E-state index contributed by atoms with van der Waals surface area (Å²) in [6, 6.07) is 20.2. The van der Waals surface area contributed by atoms with Crippen molar-refractivity contribution >= 4 is 17.6 Å². The summed E-state index contributed by atoms with van der Waals surface area (Å²) >= 11 is 0. The zero-order chi connectivity index (χ0) is 21.5. The summed E-state index contributed by atoms with van der Waals surface area (Å²) in [7, 11) is 1.60. The van der Waals surface area contributed by atoms with Gasteiger partial charge in [-0.05, 0) is 55.8 Å². The molecular weight excluding hydrogens is 380 g/mol. The molecule has 3 rings (SSSR count). The number of carbonyl (C=O) groups is 2. The maximum atomic E-state index is 13.4. The highest BCUT2D eigenvalue weighted by Gasteiger charge is 2.21. The van der Waals surface area contributed by atoms with Gasteiger partial charge in [0.05, 0.1) is 31.5 Å². The normalized spacial score (nSPS) is 10.4. The van der Waals surface area contributed by atoms with Crippen LogP contribution in [0, 0.1) is 6.92 Å². The lowest BCUT2D eigenvalue weighted by molar-refractivity contribution is 0.0524. The zero-order valence-electron chi connectivity index (χ0n) is 17.3. The molecule has 0 atom stereocenters. The summed E-state index contributed by atoms with van der Waals surface area (Å²) in [5, 5.41) is 0. The minimum atomic E-state index is -0.446. The Labute approximate surface area is 176 Å². The van der Waals surface area contributed by atoms with E-state index < -0.39 is 5.97 Å². The van der Waals surface area contributed by atoms with E-state index in [1.807, 2.05) is 54.6 Å². The second-order valence-electron chi connectivity index (χ2n) is 6.62. The largest absolute Gasteiger partial charge is 0.497 e. The van der Waals surface area contributed by atoms with Crippen molar-refractivity contribution in [3.8, 4) is 5.75 Å². The number of aromatic nitrogens is 1. The van der Waals surface area contributed by atoms with Gasteiger partial charge in [0.15, 0.2) is 0 Å². The lowest BCUT2D eigenvalue weighted by atomic mass is 10.1. The standard InChI is InChI=1S/C24H24N2O4/c1-4-30-24(28)21-14-15-22(25-17(21)2)23(27)26(16-18-8-6-5-7-9-18)19-10-12-20(29-3)13-11-19/h5-15H,4,16H2,1-3H3. The summed E-state index contributed by atoms with van der Waals surface area (Å²) in [5.41, 5.74) is 2.77. The van der Waals surface area contributed by atoms with Crippen LogP contribution in [0.2, 0.25) is 0 Å². The molecule has 2 aromatic carbocycles. The van der Waals surface area contributed by atoms with Crippen LogP contribution in [0.4, 0.5) is 5.69 Å². The number of esters is 1. The molecule has 0 unspecified atom stereocenters. The zero-order valence-corrected chi connectivity index (χ0v) is 17.3. The number of benzene rings is 2. The van der Waals surface area contributed by atoms with E-state index in [0.29, 0.717) is 23.6 Å². The summed E-state index contributed by atoms with van der Waals surface area (Å²) < 4.78 is 10.3. The number of hydrogen-bond acceptors (Lipinski definition) is 5. The number of amides is 1. The van der Waals surface area contributed by atoms with Crippen molar-refractivity contribution in [3.05, 3.63) is 89.2 Å². The Bertz CT molecular complexity index is 1020. The second kappa shape index (κ2) is 9.69. The van der Waals surface area contributed by atoms with E-state index >= 15 is 0 Å². The molecule has 0 aliphatic carbocycles. The topological polar surface area (TPSA) is 68.7 Å². The van der Waals surface area contributed by atoms with Gasteiger partial charge in [-0.1, -0.05) is 30.3 Å². The van der Waals surface area contributed by atoms with Crippen molar-refractivity contribution in [2.24, 2.45) is 0 Å². The van der Waals surface area contributed by atoms with E-state index in [1.54, 1.807) is 38.0 Å². The number of anilines is 1. The second-order valence-corrected chi connectivity index (χ2v) is 6.62. The number of rotatable bonds is 7. The van der Waals surface area contributed by atoms with Crippen molar-refractivity contribution in [1.29, 1.82) is 0 Å². The van der Waals surface area contributed by atoms with Crippen LogP contribution in [-0.4, -0.2) is 30.6 Å². The Morgan fingerprint density at radius 2 is 1.67 bits per heavy atom. The van der Waals surface area contributed by atoms with Gasteiger partial charge in [-0.25, -0.2) is 9.78 Å². The molecule has 0 aliphatic heterocycles. The third-order valence-electron chi connectivity index (χ3n) is 4.61. The molecule has 154 valence electrons. The van der Waals surface area contributed by atoms with E-state index in [1.165, 1.54) is 0 Å². The molecule has 1 heterocycles. The number of aryl methyl sites for hydroxylation is 1. The van der Waals surface area contributed by atoms with Crippen LogP contribution in [0.3, 0.4) is 0 Å². The van der Waals surface area contributed by atoms with Crippen LogP contribution in [0.5, 0.6) is 5.75 Å². The number of carbonyl (C=O) groups excluding carboxylic acids is 2. The molecule has 30 heavy (non-hydrogen) atoms. The predicted octanol–water partition coefficient (Wildman–Crippen LogP) is 4.42.